The molecule has 0 heterocycles. The van der Waals surface area contributed by atoms with Gasteiger partial charge in [-0.15, -0.1) is 0 Å². The largest absolute Gasteiger partial charge is 0.444 e. The molecule has 0 aromatic rings. The van der Waals surface area contributed by atoms with Crippen LogP contribution < -0.4 is 11.1 Å². The third-order valence-corrected chi connectivity index (χ3v) is 3.60. The second kappa shape index (κ2) is 22.3. The summed E-state index contributed by atoms with van der Waals surface area (Å²) < 4.78 is 26.3. The van der Waals surface area contributed by atoms with E-state index in [1.165, 1.54) is 0 Å². The standard InChI is InChI=1S/C14H29NO4.C9H21NO2/c1-12(2)6-8-17-10-11-18-9-7-15-13(16)19-14(3,4)5;1-9(2)3-5-11-7-8-12-6-4-10/h12H,6-11H2,1-5H3,(H,15,16);9H,3-8,10H2,1-2H3. The van der Waals surface area contributed by atoms with E-state index >= 15 is 0 Å². The fourth-order valence-corrected chi connectivity index (χ4v) is 1.90. The average molecular weight is 451 g/mol. The van der Waals surface area contributed by atoms with E-state index in [-0.39, 0.29) is 0 Å². The van der Waals surface area contributed by atoms with Gasteiger partial charge in [0.1, 0.15) is 5.60 Å². The molecule has 0 aliphatic heterocycles. The fraction of sp³-hybridized carbons (Fsp3) is 0.957. The van der Waals surface area contributed by atoms with Gasteiger partial charge in [-0.2, -0.15) is 0 Å². The number of carbonyl (C=O) groups is 1. The minimum atomic E-state index is -0.463. The van der Waals surface area contributed by atoms with Crippen molar-refractivity contribution in [2.45, 2.75) is 66.9 Å². The number of amides is 1. The Morgan fingerprint density at radius 3 is 1.55 bits per heavy atom. The zero-order valence-corrected chi connectivity index (χ0v) is 21.2. The maximum atomic E-state index is 11.3. The van der Waals surface area contributed by atoms with Crippen molar-refractivity contribution in [3.8, 4) is 0 Å². The first-order valence-electron chi connectivity index (χ1n) is 11.6. The maximum Gasteiger partial charge on any atom is 0.407 e. The molecule has 0 radical (unpaired) electrons. The van der Waals surface area contributed by atoms with Gasteiger partial charge in [0, 0.05) is 26.3 Å². The first-order valence-corrected chi connectivity index (χ1v) is 11.6. The Kier molecular flexibility index (Phi) is 23.2. The van der Waals surface area contributed by atoms with Crippen LogP contribution in [0.4, 0.5) is 4.79 Å². The summed E-state index contributed by atoms with van der Waals surface area (Å²) in [5.41, 5.74) is 4.78. The highest BCUT2D eigenvalue weighted by Gasteiger charge is 2.15. The minimum absolute atomic E-state index is 0.413. The van der Waals surface area contributed by atoms with Crippen molar-refractivity contribution in [1.29, 1.82) is 0 Å². The topological polar surface area (TPSA) is 101 Å². The number of nitrogens with two attached hydrogens (primary N) is 1. The molecule has 0 unspecified atom stereocenters. The number of carbonyl (C=O) groups excluding carboxylic acids is 1. The van der Waals surface area contributed by atoms with Crippen LogP contribution >= 0.6 is 0 Å². The first kappa shape index (κ1) is 32.3. The van der Waals surface area contributed by atoms with Crippen molar-refractivity contribution in [1.82, 2.24) is 5.32 Å². The van der Waals surface area contributed by atoms with Crippen molar-refractivity contribution >= 4 is 6.09 Å². The zero-order valence-electron chi connectivity index (χ0n) is 21.2. The quantitative estimate of drug-likeness (QED) is 0.326. The summed E-state index contributed by atoms with van der Waals surface area (Å²) in [5.74, 6) is 1.38. The summed E-state index contributed by atoms with van der Waals surface area (Å²) in [5, 5.41) is 2.63. The monoisotopic (exact) mass is 450 g/mol. The van der Waals surface area contributed by atoms with Gasteiger partial charge in [-0.1, -0.05) is 27.7 Å². The molecule has 3 N–H and O–H groups in total. The number of alkyl carbamates (subject to hydrolysis) is 1. The van der Waals surface area contributed by atoms with Crippen LogP contribution in [0.5, 0.6) is 0 Å². The summed E-state index contributed by atoms with van der Waals surface area (Å²) in [6.07, 6.45) is 1.78. The van der Waals surface area contributed by atoms with E-state index < -0.39 is 11.7 Å². The summed E-state index contributed by atoms with van der Waals surface area (Å²) in [7, 11) is 0. The second-order valence-corrected chi connectivity index (χ2v) is 9.03. The fourth-order valence-electron chi connectivity index (χ4n) is 1.90. The second-order valence-electron chi connectivity index (χ2n) is 9.03. The lowest BCUT2D eigenvalue weighted by atomic mass is 10.1. The van der Waals surface area contributed by atoms with Crippen molar-refractivity contribution in [3.05, 3.63) is 0 Å². The molecule has 31 heavy (non-hydrogen) atoms. The third-order valence-electron chi connectivity index (χ3n) is 3.60. The number of ether oxygens (including phenoxy) is 5. The van der Waals surface area contributed by atoms with E-state index in [1.54, 1.807) is 0 Å². The van der Waals surface area contributed by atoms with Crippen LogP contribution in [0, 0.1) is 11.8 Å². The maximum absolute atomic E-state index is 11.3. The van der Waals surface area contributed by atoms with E-state index in [1.807, 2.05) is 20.8 Å². The van der Waals surface area contributed by atoms with E-state index in [0.717, 1.165) is 32.0 Å². The third kappa shape index (κ3) is 33.9. The van der Waals surface area contributed by atoms with E-state index in [9.17, 15) is 4.79 Å². The molecule has 8 nitrogen and oxygen atoms in total. The molecule has 188 valence electrons. The van der Waals surface area contributed by atoms with E-state index in [0.29, 0.717) is 58.6 Å². The molecule has 0 bridgehead atoms. The van der Waals surface area contributed by atoms with Crippen LogP contribution in [0.25, 0.3) is 0 Å². The Labute approximate surface area is 190 Å². The zero-order chi connectivity index (χ0) is 24.0. The molecule has 0 spiro atoms. The summed E-state index contributed by atoms with van der Waals surface area (Å²) in [6, 6.07) is 0. The summed E-state index contributed by atoms with van der Waals surface area (Å²) in [4.78, 5) is 11.3. The number of rotatable bonds is 17. The highest BCUT2D eigenvalue weighted by atomic mass is 16.6. The summed E-state index contributed by atoms with van der Waals surface area (Å²) >= 11 is 0. The molecule has 0 aromatic carbocycles. The van der Waals surface area contributed by atoms with E-state index in [2.05, 4.69) is 33.0 Å². The van der Waals surface area contributed by atoms with Crippen LogP contribution in [0.3, 0.4) is 0 Å². The Morgan fingerprint density at radius 2 is 1.16 bits per heavy atom. The molecular formula is C23H50N2O6. The molecule has 0 aromatic heterocycles. The van der Waals surface area contributed by atoms with Crippen LogP contribution in [-0.2, 0) is 23.7 Å². The lowest BCUT2D eigenvalue weighted by Gasteiger charge is -2.19. The van der Waals surface area contributed by atoms with Gasteiger partial charge in [-0.05, 0) is 45.4 Å². The Balaban J connectivity index is 0. The number of hydrogen-bond acceptors (Lipinski definition) is 7. The lowest BCUT2D eigenvalue weighted by Crippen LogP contribution is -2.34. The van der Waals surface area contributed by atoms with Gasteiger partial charge in [0.15, 0.2) is 0 Å². The van der Waals surface area contributed by atoms with E-state index in [4.69, 9.17) is 29.4 Å². The first-order chi connectivity index (χ1) is 14.6. The summed E-state index contributed by atoms with van der Waals surface area (Å²) in [6.45, 7) is 20.4. The molecule has 1 amide bonds. The Hall–Kier alpha value is -0.930. The SMILES string of the molecule is CC(C)CCOCCOCCN.CC(C)CCOCCOCCNC(=O)OC(C)(C)C. The van der Waals surface area contributed by atoms with Crippen molar-refractivity contribution < 1.29 is 28.5 Å². The normalized spacial score (nSPS) is 11.4. The number of hydrogen-bond donors (Lipinski definition) is 2. The molecule has 0 fully saturated rings. The molecule has 0 atom stereocenters. The Morgan fingerprint density at radius 1 is 0.742 bits per heavy atom. The molecule has 0 saturated carbocycles. The van der Waals surface area contributed by atoms with Gasteiger partial charge in [-0.25, -0.2) is 4.79 Å². The van der Waals surface area contributed by atoms with Crippen molar-refractivity contribution in [2.75, 3.05) is 65.9 Å². The van der Waals surface area contributed by atoms with Gasteiger partial charge in [0.2, 0.25) is 0 Å². The molecule has 0 aliphatic rings. The van der Waals surface area contributed by atoms with Gasteiger partial charge < -0.3 is 34.7 Å². The highest BCUT2D eigenvalue weighted by Crippen LogP contribution is 2.06. The van der Waals surface area contributed by atoms with Crippen molar-refractivity contribution in [2.24, 2.45) is 17.6 Å². The van der Waals surface area contributed by atoms with Gasteiger partial charge in [0.25, 0.3) is 0 Å². The number of nitrogens with one attached hydrogen (secondary N) is 1. The molecule has 0 saturated heterocycles. The van der Waals surface area contributed by atoms with Gasteiger partial charge in [0.05, 0.1) is 39.6 Å². The highest BCUT2D eigenvalue weighted by molar-refractivity contribution is 5.67. The molecule has 0 rings (SSSR count). The van der Waals surface area contributed by atoms with Crippen LogP contribution in [-0.4, -0.2) is 77.6 Å². The predicted octanol–water partition coefficient (Wildman–Crippen LogP) is 3.61. The average Bonchev–Trinajstić information content (AvgIpc) is 2.64. The molecule has 8 heteroatoms. The molecule has 0 aliphatic carbocycles. The van der Waals surface area contributed by atoms with Crippen LogP contribution in [0.15, 0.2) is 0 Å². The van der Waals surface area contributed by atoms with Crippen LogP contribution in [0.1, 0.15) is 61.3 Å². The Bertz CT molecular complexity index is 387. The van der Waals surface area contributed by atoms with Crippen LogP contribution in [0.2, 0.25) is 0 Å². The molecular weight excluding hydrogens is 400 g/mol. The van der Waals surface area contributed by atoms with Gasteiger partial charge >= 0.3 is 6.09 Å². The minimum Gasteiger partial charge on any atom is -0.444 e. The predicted molar refractivity (Wildman–Crippen MR) is 125 cm³/mol. The van der Waals surface area contributed by atoms with Crippen molar-refractivity contribution in [3.63, 3.8) is 0 Å². The lowest BCUT2D eigenvalue weighted by molar-refractivity contribution is 0.0378. The smallest absolute Gasteiger partial charge is 0.407 e. The van der Waals surface area contributed by atoms with Gasteiger partial charge in [-0.3, -0.25) is 0 Å².